The van der Waals surface area contributed by atoms with Gasteiger partial charge in [0.05, 0.1) is 7.11 Å². The molecule has 0 aliphatic rings. The molecule has 1 heterocycles. The van der Waals surface area contributed by atoms with Crippen LogP contribution in [-0.2, 0) is 0 Å². The lowest BCUT2D eigenvalue weighted by atomic mass is 10.2. The molecule has 0 amide bonds. The second kappa shape index (κ2) is 5.71. The fourth-order valence-electron chi connectivity index (χ4n) is 1.49. The molecule has 0 N–H and O–H groups in total. The second-order valence-corrected chi connectivity index (χ2v) is 5.32. The molecule has 0 spiro atoms. The maximum absolute atomic E-state index is 5.76. The van der Waals surface area contributed by atoms with E-state index in [1.165, 1.54) is 0 Å². The molecule has 1 aromatic carbocycles. The number of methoxy groups -OCH3 is 1. The van der Waals surface area contributed by atoms with Crippen LogP contribution in [0, 0.1) is 6.92 Å². The lowest BCUT2D eigenvalue weighted by Gasteiger charge is -2.11. The number of benzene rings is 1. The SMILES string of the molecule is COc1cc(Oc2ccnc(Br)c2)cc(Br)c1C. The predicted octanol–water partition coefficient (Wildman–Crippen LogP) is 4.72. The molecular weight excluding hydrogens is 362 g/mol. The third-order valence-corrected chi connectivity index (χ3v) is 3.68. The summed E-state index contributed by atoms with van der Waals surface area (Å²) in [5.41, 5.74) is 1.04. The summed E-state index contributed by atoms with van der Waals surface area (Å²) < 4.78 is 12.7. The van der Waals surface area contributed by atoms with E-state index >= 15 is 0 Å². The molecule has 18 heavy (non-hydrogen) atoms. The third-order valence-electron chi connectivity index (χ3n) is 2.42. The summed E-state index contributed by atoms with van der Waals surface area (Å²) in [4.78, 5) is 4.05. The number of ether oxygens (including phenoxy) is 2. The van der Waals surface area contributed by atoms with Gasteiger partial charge in [0.1, 0.15) is 21.9 Å². The van der Waals surface area contributed by atoms with Gasteiger partial charge in [-0.15, -0.1) is 0 Å². The van der Waals surface area contributed by atoms with Crippen molar-refractivity contribution in [2.45, 2.75) is 6.92 Å². The van der Waals surface area contributed by atoms with Crippen LogP contribution in [-0.4, -0.2) is 12.1 Å². The fraction of sp³-hybridized carbons (Fsp3) is 0.154. The summed E-state index contributed by atoms with van der Waals surface area (Å²) in [5.74, 6) is 2.21. The van der Waals surface area contributed by atoms with Crippen molar-refractivity contribution in [3.05, 3.63) is 45.1 Å². The zero-order valence-corrected chi connectivity index (χ0v) is 13.1. The van der Waals surface area contributed by atoms with Crippen molar-refractivity contribution in [3.8, 4) is 17.2 Å². The van der Waals surface area contributed by atoms with Crippen molar-refractivity contribution in [3.63, 3.8) is 0 Å². The summed E-state index contributed by atoms with van der Waals surface area (Å²) in [6.07, 6.45) is 1.68. The van der Waals surface area contributed by atoms with Gasteiger partial charge in [-0.3, -0.25) is 0 Å². The Balaban J connectivity index is 2.32. The van der Waals surface area contributed by atoms with E-state index in [-0.39, 0.29) is 0 Å². The zero-order chi connectivity index (χ0) is 13.1. The van der Waals surface area contributed by atoms with Crippen molar-refractivity contribution in [2.75, 3.05) is 7.11 Å². The highest BCUT2D eigenvalue weighted by Crippen LogP contribution is 2.34. The molecule has 0 bridgehead atoms. The van der Waals surface area contributed by atoms with Crippen molar-refractivity contribution < 1.29 is 9.47 Å². The maximum Gasteiger partial charge on any atom is 0.132 e. The molecule has 2 rings (SSSR count). The largest absolute Gasteiger partial charge is 0.496 e. The van der Waals surface area contributed by atoms with Gasteiger partial charge in [0.2, 0.25) is 0 Å². The van der Waals surface area contributed by atoms with Crippen LogP contribution >= 0.6 is 31.9 Å². The van der Waals surface area contributed by atoms with Gasteiger partial charge in [0, 0.05) is 28.4 Å². The zero-order valence-electron chi connectivity index (χ0n) is 9.91. The molecular formula is C13H11Br2NO2. The van der Waals surface area contributed by atoms with Gasteiger partial charge in [-0.25, -0.2) is 4.98 Å². The lowest BCUT2D eigenvalue weighted by molar-refractivity contribution is 0.405. The quantitative estimate of drug-likeness (QED) is 0.730. The monoisotopic (exact) mass is 371 g/mol. The lowest BCUT2D eigenvalue weighted by Crippen LogP contribution is -1.91. The summed E-state index contributed by atoms with van der Waals surface area (Å²) in [7, 11) is 1.64. The average molecular weight is 373 g/mol. The molecule has 0 aliphatic heterocycles. The van der Waals surface area contributed by atoms with Crippen LogP contribution in [0.5, 0.6) is 17.2 Å². The fourth-order valence-corrected chi connectivity index (χ4v) is 2.25. The first-order chi connectivity index (χ1) is 8.60. The highest BCUT2D eigenvalue weighted by Gasteiger charge is 2.07. The van der Waals surface area contributed by atoms with Crippen LogP contribution in [0.3, 0.4) is 0 Å². The minimum absolute atomic E-state index is 0.711. The Hall–Kier alpha value is -1.07. The number of pyridine rings is 1. The molecule has 3 nitrogen and oxygen atoms in total. The minimum Gasteiger partial charge on any atom is -0.496 e. The average Bonchev–Trinajstić information content (AvgIpc) is 2.33. The van der Waals surface area contributed by atoms with E-state index < -0.39 is 0 Å². The van der Waals surface area contributed by atoms with Crippen molar-refractivity contribution >= 4 is 31.9 Å². The molecule has 1 aromatic heterocycles. The van der Waals surface area contributed by atoms with Crippen molar-refractivity contribution in [1.29, 1.82) is 0 Å². The third kappa shape index (κ3) is 3.03. The van der Waals surface area contributed by atoms with Crippen LogP contribution in [0.4, 0.5) is 0 Å². The number of nitrogens with zero attached hydrogens (tertiary/aromatic N) is 1. The van der Waals surface area contributed by atoms with E-state index in [1.54, 1.807) is 25.4 Å². The van der Waals surface area contributed by atoms with Gasteiger partial charge < -0.3 is 9.47 Å². The van der Waals surface area contributed by atoms with Crippen LogP contribution in [0.25, 0.3) is 0 Å². The molecule has 0 unspecified atom stereocenters. The van der Waals surface area contributed by atoms with Gasteiger partial charge in [-0.1, -0.05) is 15.9 Å². The van der Waals surface area contributed by atoms with Crippen LogP contribution in [0.1, 0.15) is 5.56 Å². The predicted molar refractivity (Wildman–Crippen MR) is 77.4 cm³/mol. The van der Waals surface area contributed by atoms with Crippen LogP contribution in [0.15, 0.2) is 39.5 Å². The van der Waals surface area contributed by atoms with Crippen LogP contribution in [0.2, 0.25) is 0 Å². The molecule has 0 fully saturated rings. The highest BCUT2D eigenvalue weighted by molar-refractivity contribution is 9.10. The Morgan fingerprint density at radius 1 is 1.11 bits per heavy atom. The van der Waals surface area contributed by atoms with E-state index in [9.17, 15) is 0 Å². The summed E-state index contributed by atoms with van der Waals surface area (Å²) in [6.45, 7) is 1.98. The molecule has 94 valence electrons. The first kappa shape index (κ1) is 13.4. The van der Waals surface area contributed by atoms with Gasteiger partial charge in [-0.2, -0.15) is 0 Å². The summed E-state index contributed by atoms with van der Waals surface area (Å²) in [5, 5.41) is 0. The topological polar surface area (TPSA) is 31.4 Å². The standard InChI is InChI=1S/C13H11Br2NO2/c1-8-11(14)5-10(6-12(8)17-2)18-9-3-4-16-13(15)7-9/h3-7H,1-2H3. The summed E-state index contributed by atoms with van der Waals surface area (Å²) >= 11 is 6.79. The van der Waals surface area contributed by atoms with Gasteiger partial charge >= 0.3 is 0 Å². The normalized spacial score (nSPS) is 10.2. The van der Waals surface area contributed by atoms with Crippen LogP contribution < -0.4 is 9.47 Å². The Kier molecular flexibility index (Phi) is 4.24. The number of aromatic nitrogens is 1. The first-order valence-electron chi connectivity index (χ1n) is 5.23. The molecule has 0 atom stereocenters. The molecule has 0 saturated carbocycles. The Morgan fingerprint density at radius 3 is 2.56 bits per heavy atom. The van der Waals surface area contributed by atoms with E-state index in [2.05, 4.69) is 36.8 Å². The number of halogens is 2. The summed E-state index contributed by atoms with van der Waals surface area (Å²) in [6, 6.07) is 7.37. The first-order valence-corrected chi connectivity index (χ1v) is 6.82. The van der Waals surface area contributed by atoms with E-state index in [0.29, 0.717) is 5.75 Å². The molecule has 0 radical (unpaired) electrons. The van der Waals surface area contributed by atoms with Gasteiger partial charge in [0.15, 0.2) is 0 Å². The molecule has 5 heteroatoms. The Bertz CT molecular complexity index is 573. The van der Waals surface area contributed by atoms with Crippen molar-refractivity contribution in [1.82, 2.24) is 4.98 Å². The molecule has 0 aliphatic carbocycles. The minimum atomic E-state index is 0.711. The van der Waals surface area contributed by atoms with E-state index in [0.717, 1.165) is 26.1 Å². The number of hydrogen-bond acceptors (Lipinski definition) is 3. The van der Waals surface area contributed by atoms with E-state index in [4.69, 9.17) is 9.47 Å². The Labute approximate surface area is 122 Å². The van der Waals surface area contributed by atoms with Gasteiger partial charge in [0.25, 0.3) is 0 Å². The molecule has 2 aromatic rings. The van der Waals surface area contributed by atoms with E-state index in [1.807, 2.05) is 19.1 Å². The smallest absolute Gasteiger partial charge is 0.132 e. The Morgan fingerprint density at radius 2 is 1.89 bits per heavy atom. The maximum atomic E-state index is 5.76. The highest BCUT2D eigenvalue weighted by atomic mass is 79.9. The number of rotatable bonds is 3. The number of hydrogen-bond donors (Lipinski definition) is 0. The second-order valence-electron chi connectivity index (χ2n) is 3.65. The molecule has 0 saturated heterocycles. The van der Waals surface area contributed by atoms with Crippen molar-refractivity contribution in [2.24, 2.45) is 0 Å². The van der Waals surface area contributed by atoms with Gasteiger partial charge in [-0.05, 0) is 35.0 Å².